The van der Waals surface area contributed by atoms with E-state index in [2.05, 4.69) is 5.32 Å². The van der Waals surface area contributed by atoms with Crippen molar-refractivity contribution in [2.75, 3.05) is 0 Å². The third kappa shape index (κ3) is 5.19. The molecule has 0 amide bonds. The fourth-order valence-electron chi connectivity index (χ4n) is 0.981. The fraction of sp³-hybridized carbons (Fsp3) is 0.500. The fourth-order valence-corrected chi connectivity index (χ4v) is 0.981. The second-order valence-corrected chi connectivity index (χ2v) is 4.81. The van der Waals surface area contributed by atoms with Crippen molar-refractivity contribution in [3.8, 4) is 0 Å². The van der Waals surface area contributed by atoms with Crippen LogP contribution in [0.5, 0.6) is 0 Å². The Kier molecular flexibility index (Phi) is 4.94. The molecule has 0 aliphatic rings. The molecule has 0 heterocycles. The molecule has 0 aliphatic carbocycles. The van der Waals surface area contributed by atoms with Crippen molar-refractivity contribution in [3.63, 3.8) is 0 Å². The molecular weight excluding hydrogens is 222 g/mol. The summed E-state index contributed by atoms with van der Waals surface area (Å²) in [5.74, 6) is -2.27. The van der Waals surface area contributed by atoms with Crippen LogP contribution in [0.4, 0.5) is 0 Å². The van der Waals surface area contributed by atoms with Crippen molar-refractivity contribution in [2.24, 2.45) is 0 Å². The highest BCUT2D eigenvalue weighted by molar-refractivity contribution is 5.96. The van der Waals surface area contributed by atoms with Gasteiger partial charge in [-0.15, -0.1) is 0 Å². The van der Waals surface area contributed by atoms with Gasteiger partial charge in [0, 0.05) is 17.3 Å². The lowest BCUT2D eigenvalue weighted by atomic mass is 10.0. The molecule has 0 saturated heterocycles. The second kappa shape index (κ2) is 5.52. The summed E-state index contributed by atoms with van der Waals surface area (Å²) in [7, 11) is 0. The zero-order valence-electron chi connectivity index (χ0n) is 10.8. The summed E-state index contributed by atoms with van der Waals surface area (Å²) >= 11 is 0. The SMILES string of the molecule is CC(C(=O)O)=C(C)C(=CNC(C)(C)C)C(=O)O. The second-order valence-electron chi connectivity index (χ2n) is 4.81. The van der Waals surface area contributed by atoms with Gasteiger partial charge in [0.05, 0.1) is 5.57 Å². The van der Waals surface area contributed by atoms with Crippen molar-refractivity contribution in [3.05, 3.63) is 22.9 Å². The van der Waals surface area contributed by atoms with Gasteiger partial charge in [-0.2, -0.15) is 0 Å². The van der Waals surface area contributed by atoms with Gasteiger partial charge in [0.2, 0.25) is 0 Å². The molecule has 0 aromatic carbocycles. The summed E-state index contributed by atoms with van der Waals surface area (Å²) in [6, 6.07) is 0. The molecule has 0 aliphatic heterocycles. The minimum Gasteiger partial charge on any atom is -0.478 e. The highest BCUT2D eigenvalue weighted by atomic mass is 16.4. The highest BCUT2D eigenvalue weighted by Crippen LogP contribution is 2.15. The van der Waals surface area contributed by atoms with Gasteiger partial charge >= 0.3 is 11.9 Å². The van der Waals surface area contributed by atoms with Crippen LogP contribution in [0.1, 0.15) is 34.6 Å². The van der Waals surface area contributed by atoms with Gasteiger partial charge in [-0.25, -0.2) is 9.59 Å². The first-order valence-corrected chi connectivity index (χ1v) is 5.18. The van der Waals surface area contributed by atoms with E-state index < -0.39 is 11.9 Å². The summed E-state index contributed by atoms with van der Waals surface area (Å²) in [5, 5.41) is 20.8. The lowest BCUT2D eigenvalue weighted by Crippen LogP contribution is -2.32. The first-order chi connectivity index (χ1) is 7.56. The van der Waals surface area contributed by atoms with Crippen molar-refractivity contribution >= 4 is 11.9 Å². The minimum absolute atomic E-state index is 0.0226. The van der Waals surface area contributed by atoms with E-state index in [9.17, 15) is 9.59 Å². The van der Waals surface area contributed by atoms with Crippen LogP contribution in [0.25, 0.3) is 0 Å². The van der Waals surface area contributed by atoms with Crippen molar-refractivity contribution in [1.82, 2.24) is 5.32 Å². The Morgan fingerprint density at radius 2 is 1.47 bits per heavy atom. The molecule has 0 rings (SSSR count). The average molecular weight is 241 g/mol. The molecule has 0 radical (unpaired) electrons. The van der Waals surface area contributed by atoms with Gasteiger partial charge in [0.15, 0.2) is 0 Å². The number of rotatable bonds is 4. The first kappa shape index (κ1) is 15.2. The number of hydrogen-bond acceptors (Lipinski definition) is 3. The van der Waals surface area contributed by atoms with Crippen LogP contribution in [0, 0.1) is 0 Å². The Morgan fingerprint density at radius 3 is 1.76 bits per heavy atom. The molecule has 0 fully saturated rings. The standard InChI is InChI=1S/C12H19NO4/c1-7(8(2)10(14)15)9(11(16)17)6-13-12(3,4)5/h6,13H,1-5H3,(H,14,15)(H,16,17). The monoisotopic (exact) mass is 241 g/mol. The summed E-state index contributed by atoms with van der Waals surface area (Å²) in [4.78, 5) is 21.8. The van der Waals surface area contributed by atoms with E-state index in [0.717, 1.165) is 0 Å². The zero-order valence-corrected chi connectivity index (χ0v) is 10.8. The third-order valence-corrected chi connectivity index (χ3v) is 2.17. The maximum Gasteiger partial charge on any atom is 0.337 e. The number of carboxylic acids is 2. The normalized spacial score (nSPS) is 14.1. The maximum atomic E-state index is 11.0. The molecule has 0 aromatic heterocycles. The largest absolute Gasteiger partial charge is 0.478 e. The van der Waals surface area contributed by atoms with Gasteiger partial charge in [-0.05, 0) is 40.2 Å². The van der Waals surface area contributed by atoms with Crippen molar-refractivity contribution in [1.29, 1.82) is 0 Å². The molecule has 0 spiro atoms. The Morgan fingerprint density at radius 1 is 1.00 bits per heavy atom. The van der Waals surface area contributed by atoms with Gasteiger partial charge in [-0.1, -0.05) is 0 Å². The molecule has 0 aromatic rings. The molecule has 5 heteroatoms. The molecular formula is C12H19NO4. The topological polar surface area (TPSA) is 86.6 Å². The van der Waals surface area contributed by atoms with Crippen LogP contribution in [0.2, 0.25) is 0 Å². The number of nitrogens with one attached hydrogen (secondary N) is 1. The van der Waals surface area contributed by atoms with Crippen LogP contribution in [-0.4, -0.2) is 27.7 Å². The molecule has 96 valence electrons. The van der Waals surface area contributed by atoms with Crippen LogP contribution < -0.4 is 5.32 Å². The van der Waals surface area contributed by atoms with E-state index in [1.165, 1.54) is 20.0 Å². The molecule has 0 unspecified atom stereocenters. The quantitative estimate of drug-likeness (QED) is 0.515. The maximum absolute atomic E-state index is 11.0. The molecule has 5 nitrogen and oxygen atoms in total. The highest BCUT2D eigenvalue weighted by Gasteiger charge is 2.16. The summed E-state index contributed by atoms with van der Waals surface area (Å²) < 4.78 is 0. The van der Waals surface area contributed by atoms with E-state index in [-0.39, 0.29) is 22.3 Å². The van der Waals surface area contributed by atoms with E-state index in [1.54, 1.807) is 0 Å². The van der Waals surface area contributed by atoms with Crippen LogP contribution in [-0.2, 0) is 9.59 Å². The van der Waals surface area contributed by atoms with Crippen LogP contribution >= 0.6 is 0 Å². The lowest BCUT2D eigenvalue weighted by Gasteiger charge is -2.19. The Labute approximate surface area is 101 Å². The van der Waals surface area contributed by atoms with Gasteiger partial charge in [0.1, 0.15) is 0 Å². The minimum atomic E-state index is -1.15. The molecule has 0 saturated carbocycles. The van der Waals surface area contributed by atoms with E-state index >= 15 is 0 Å². The molecule has 0 atom stereocenters. The van der Waals surface area contributed by atoms with Gasteiger partial charge in [-0.3, -0.25) is 0 Å². The van der Waals surface area contributed by atoms with Crippen LogP contribution in [0.15, 0.2) is 22.9 Å². The molecule has 3 N–H and O–H groups in total. The number of carboxylic acid groups (broad SMARTS) is 2. The Bertz CT molecular complexity index is 386. The number of hydrogen-bond donors (Lipinski definition) is 3. The smallest absolute Gasteiger partial charge is 0.337 e. The zero-order chi connectivity index (χ0) is 13.8. The van der Waals surface area contributed by atoms with Gasteiger partial charge in [0.25, 0.3) is 0 Å². The van der Waals surface area contributed by atoms with Crippen molar-refractivity contribution < 1.29 is 19.8 Å². The summed E-state index contributed by atoms with van der Waals surface area (Å²) in [6.45, 7) is 8.50. The summed E-state index contributed by atoms with van der Waals surface area (Å²) in [5.41, 5.74) is -0.0612. The van der Waals surface area contributed by atoms with Crippen LogP contribution in [0.3, 0.4) is 0 Å². The van der Waals surface area contributed by atoms with Crippen molar-refractivity contribution in [2.45, 2.75) is 40.2 Å². The first-order valence-electron chi connectivity index (χ1n) is 5.18. The van der Waals surface area contributed by atoms with E-state index in [4.69, 9.17) is 10.2 Å². The average Bonchev–Trinajstić information content (AvgIpc) is 2.13. The summed E-state index contributed by atoms with van der Waals surface area (Å²) in [6.07, 6.45) is 1.34. The predicted octanol–water partition coefficient (Wildman–Crippen LogP) is 1.76. The Hall–Kier alpha value is -1.78. The number of carbonyl (C=O) groups is 2. The number of aliphatic carboxylic acids is 2. The van der Waals surface area contributed by atoms with E-state index in [0.29, 0.717) is 0 Å². The van der Waals surface area contributed by atoms with Gasteiger partial charge < -0.3 is 15.5 Å². The Balaban J connectivity index is 5.34. The predicted molar refractivity (Wildman–Crippen MR) is 64.6 cm³/mol. The molecule has 0 bridgehead atoms. The molecule has 17 heavy (non-hydrogen) atoms. The third-order valence-electron chi connectivity index (χ3n) is 2.17. The lowest BCUT2D eigenvalue weighted by molar-refractivity contribution is -0.132. The van der Waals surface area contributed by atoms with E-state index in [1.807, 2.05) is 20.8 Å².